The monoisotopic (exact) mass is 231 g/mol. The minimum absolute atomic E-state index is 0.746. The number of hydrogen-bond donors (Lipinski definition) is 1. The van der Waals surface area contributed by atoms with Gasteiger partial charge in [-0.3, -0.25) is 0 Å². The largest absolute Gasteiger partial charge is 0.316 e. The minimum atomic E-state index is 0.746. The Bertz CT molecular complexity index is 356. The van der Waals surface area contributed by atoms with Gasteiger partial charge in [0, 0.05) is 0 Å². The summed E-state index contributed by atoms with van der Waals surface area (Å²) in [5.74, 6) is 2.26. The van der Waals surface area contributed by atoms with Crippen molar-refractivity contribution in [2.45, 2.75) is 39.5 Å². The van der Waals surface area contributed by atoms with Gasteiger partial charge < -0.3 is 5.32 Å². The van der Waals surface area contributed by atoms with E-state index < -0.39 is 0 Å². The van der Waals surface area contributed by atoms with E-state index in [1.165, 1.54) is 31.5 Å². The van der Waals surface area contributed by atoms with Crippen LogP contribution in [0, 0.1) is 11.8 Å². The average molecular weight is 231 g/mol. The van der Waals surface area contributed by atoms with Crippen molar-refractivity contribution in [2.75, 3.05) is 13.1 Å². The van der Waals surface area contributed by atoms with Gasteiger partial charge in [-0.2, -0.15) is 0 Å². The maximum atomic E-state index is 3.48. The van der Waals surface area contributed by atoms with Gasteiger partial charge in [-0.05, 0) is 54.8 Å². The van der Waals surface area contributed by atoms with Crippen molar-refractivity contribution in [3.63, 3.8) is 0 Å². The summed E-state index contributed by atoms with van der Waals surface area (Å²) in [6.07, 6.45) is 2.49. The molecule has 1 aromatic carbocycles. The predicted molar refractivity (Wildman–Crippen MR) is 74.4 cm³/mol. The second kappa shape index (κ2) is 5.68. The molecule has 0 amide bonds. The number of benzene rings is 1. The van der Waals surface area contributed by atoms with Gasteiger partial charge in [0.25, 0.3) is 0 Å². The molecule has 2 atom stereocenters. The maximum Gasteiger partial charge on any atom is -0.00173 e. The van der Waals surface area contributed by atoms with Gasteiger partial charge >= 0.3 is 0 Å². The van der Waals surface area contributed by atoms with E-state index in [-0.39, 0.29) is 0 Å². The lowest BCUT2D eigenvalue weighted by atomic mass is 9.81. The van der Waals surface area contributed by atoms with E-state index >= 15 is 0 Å². The lowest BCUT2D eigenvalue weighted by molar-refractivity contribution is 0.349. The molecule has 1 aliphatic rings. The highest BCUT2D eigenvalue weighted by Gasteiger charge is 2.22. The first kappa shape index (κ1) is 12.6. The molecule has 0 saturated carbocycles. The molecule has 1 N–H and O–H groups in total. The van der Waals surface area contributed by atoms with E-state index in [0.717, 1.165) is 17.8 Å². The van der Waals surface area contributed by atoms with Crippen molar-refractivity contribution in [2.24, 2.45) is 11.8 Å². The number of hydrogen-bond acceptors (Lipinski definition) is 1. The van der Waals surface area contributed by atoms with E-state index in [0.29, 0.717) is 0 Å². The number of piperidine rings is 1. The summed E-state index contributed by atoms with van der Waals surface area (Å²) in [5, 5.41) is 3.48. The Morgan fingerprint density at radius 2 is 2.18 bits per heavy atom. The maximum absolute atomic E-state index is 3.48. The molecule has 1 aromatic rings. The van der Waals surface area contributed by atoms with E-state index in [1.54, 1.807) is 5.56 Å². The molecular formula is C16H25N. The van der Waals surface area contributed by atoms with Crippen molar-refractivity contribution in [3.8, 4) is 0 Å². The van der Waals surface area contributed by atoms with Crippen LogP contribution < -0.4 is 5.32 Å². The van der Waals surface area contributed by atoms with Gasteiger partial charge in [0.1, 0.15) is 0 Å². The first-order valence-electron chi connectivity index (χ1n) is 6.96. The smallest absolute Gasteiger partial charge is 0.00173 e. The van der Waals surface area contributed by atoms with E-state index in [4.69, 9.17) is 0 Å². The summed E-state index contributed by atoms with van der Waals surface area (Å²) in [6, 6.07) is 9.26. The molecule has 94 valence electrons. The SMILES string of the molecule is CC(C)Cc1cccc(C2CCNCC2C)c1. The molecule has 0 bridgehead atoms. The minimum Gasteiger partial charge on any atom is -0.316 e. The molecule has 2 rings (SSSR count). The van der Waals surface area contributed by atoms with Gasteiger partial charge in [-0.1, -0.05) is 45.0 Å². The Morgan fingerprint density at radius 1 is 1.35 bits per heavy atom. The van der Waals surface area contributed by atoms with Crippen LogP contribution in [0.2, 0.25) is 0 Å². The van der Waals surface area contributed by atoms with Crippen LogP contribution in [0.1, 0.15) is 44.2 Å². The topological polar surface area (TPSA) is 12.0 Å². The first-order chi connectivity index (χ1) is 8.16. The van der Waals surface area contributed by atoms with Crippen molar-refractivity contribution in [3.05, 3.63) is 35.4 Å². The Hall–Kier alpha value is -0.820. The first-order valence-corrected chi connectivity index (χ1v) is 6.96. The zero-order valence-electron chi connectivity index (χ0n) is 11.4. The van der Waals surface area contributed by atoms with Crippen LogP contribution in [0.5, 0.6) is 0 Å². The van der Waals surface area contributed by atoms with Crippen molar-refractivity contribution >= 4 is 0 Å². The molecule has 1 saturated heterocycles. The van der Waals surface area contributed by atoms with Crippen LogP contribution in [0.15, 0.2) is 24.3 Å². The zero-order valence-corrected chi connectivity index (χ0v) is 11.4. The molecular weight excluding hydrogens is 206 g/mol. The Balaban J connectivity index is 2.14. The predicted octanol–water partition coefficient (Wildman–Crippen LogP) is 3.60. The third-order valence-corrected chi connectivity index (χ3v) is 3.81. The number of nitrogens with one attached hydrogen (secondary N) is 1. The normalized spacial score (nSPS) is 25.2. The van der Waals surface area contributed by atoms with Crippen LogP contribution >= 0.6 is 0 Å². The second-order valence-corrected chi connectivity index (χ2v) is 5.92. The van der Waals surface area contributed by atoms with Gasteiger partial charge in [0.15, 0.2) is 0 Å². The summed E-state index contributed by atoms with van der Waals surface area (Å²) in [4.78, 5) is 0. The third-order valence-electron chi connectivity index (χ3n) is 3.81. The second-order valence-electron chi connectivity index (χ2n) is 5.92. The van der Waals surface area contributed by atoms with E-state index in [9.17, 15) is 0 Å². The fourth-order valence-electron chi connectivity index (χ4n) is 2.93. The fourth-order valence-corrected chi connectivity index (χ4v) is 2.93. The van der Waals surface area contributed by atoms with Gasteiger partial charge in [0.2, 0.25) is 0 Å². The van der Waals surface area contributed by atoms with E-state index in [2.05, 4.69) is 50.4 Å². The molecule has 1 aliphatic heterocycles. The zero-order chi connectivity index (χ0) is 12.3. The molecule has 1 heterocycles. The van der Waals surface area contributed by atoms with Crippen LogP contribution in [0.25, 0.3) is 0 Å². The highest BCUT2D eigenvalue weighted by molar-refractivity contribution is 5.27. The lowest BCUT2D eigenvalue weighted by Crippen LogP contribution is -2.33. The fraction of sp³-hybridized carbons (Fsp3) is 0.625. The molecule has 0 spiro atoms. The molecule has 1 heteroatoms. The summed E-state index contributed by atoms with van der Waals surface area (Å²) in [6.45, 7) is 9.29. The van der Waals surface area contributed by atoms with Gasteiger partial charge in [0.05, 0.1) is 0 Å². The summed E-state index contributed by atoms with van der Waals surface area (Å²) in [7, 11) is 0. The van der Waals surface area contributed by atoms with Crippen LogP contribution in [0.3, 0.4) is 0 Å². The average Bonchev–Trinajstić information content (AvgIpc) is 2.29. The Morgan fingerprint density at radius 3 is 2.88 bits per heavy atom. The standard InChI is InChI=1S/C16H25N/c1-12(2)9-14-5-4-6-15(10-14)16-7-8-17-11-13(16)3/h4-6,10,12-13,16-17H,7-9,11H2,1-3H3. The molecule has 0 aliphatic carbocycles. The summed E-state index contributed by atoms with van der Waals surface area (Å²) < 4.78 is 0. The Labute approximate surface area is 106 Å². The lowest BCUT2D eigenvalue weighted by Gasteiger charge is -2.30. The van der Waals surface area contributed by atoms with Crippen molar-refractivity contribution in [1.82, 2.24) is 5.32 Å². The quantitative estimate of drug-likeness (QED) is 0.838. The molecule has 0 aromatic heterocycles. The highest BCUT2D eigenvalue weighted by atomic mass is 14.9. The van der Waals surface area contributed by atoms with E-state index in [1.807, 2.05) is 0 Å². The van der Waals surface area contributed by atoms with Gasteiger partial charge in [-0.15, -0.1) is 0 Å². The molecule has 0 radical (unpaired) electrons. The third kappa shape index (κ3) is 3.32. The Kier molecular flexibility index (Phi) is 4.22. The number of rotatable bonds is 3. The van der Waals surface area contributed by atoms with Crippen molar-refractivity contribution in [1.29, 1.82) is 0 Å². The molecule has 2 unspecified atom stereocenters. The van der Waals surface area contributed by atoms with Crippen LogP contribution in [0.4, 0.5) is 0 Å². The van der Waals surface area contributed by atoms with Crippen LogP contribution in [-0.2, 0) is 6.42 Å². The summed E-state index contributed by atoms with van der Waals surface area (Å²) in [5.41, 5.74) is 3.06. The molecule has 17 heavy (non-hydrogen) atoms. The highest BCUT2D eigenvalue weighted by Crippen LogP contribution is 2.30. The molecule has 1 fully saturated rings. The summed E-state index contributed by atoms with van der Waals surface area (Å²) >= 11 is 0. The van der Waals surface area contributed by atoms with Gasteiger partial charge in [-0.25, -0.2) is 0 Å². The van der Waals surface area contributed by atoms with Crippen molar-refractivity contribution < 1.29 is 0 Å². The molecule has 1 nitrogen and oxygen atoms in total. The van der Waals surface area contributed by atoms with Crippen LogP contribution in [-0.4, -0.2) is 13.1 Å².